The minimum atomic E-state index is -0.576. The van der Waals surface area contributed by atoms with Crippen molar-refractivity contribution in [2.45, 2.75) is 13.0 Å². The molecule has 1 amide bonds. The van der Waals surface area contributed by atoms with Gasteiger partial charge in [-0.15, -0.1) is 0 Å². The third kappa shape index (κ3) is 3.02. The highest BCUT2D eigenvalue weighted by Crippen LogP contribution is 2.25. The molecule has 1 heterocycles. The molecule has 0 spiro atoms. The highest BCUT2D eigenvalue weighted by Gasteiger charge is 2.24. The Bertz CT molecular complexity index is 520. The van der Waals surface area contributed by atoms with Crippen LogP contribution >= 0.6 is 11.6 Å². The number of amides is 1. The van der Waals surface area contributed by atoms with Gasteiger partial charge in [0.1, 0.15) is 5.02 Å². The summed E-state index contributed by atoms with van der Waals surface area (Å²) in [5.74, 6) is -0.188. The molecule has 2 rings (SSSR count). The fourth-order valence-electron chi connectivity index (χ4n) is 1.97. The molecule has 1 aliphatic rings. The van der Waals surface area contributed by atoms with Gasteiger partial charge in [-0.05, 0) is 19.1 Å². The highest BCUT2D eigenvalue weighted by molar-refractivity contribution is 6.33. The average molecular weight is 285 g/mol. The predicted octanol–water partition coefficient (Wildman–Crippen LogP) is 2.11. The summed E-state index contributed by atoms with van der Waals surface area (Å²) in [6.45, 7) is 3.40. The first-order valence-electron chi connectivity index (χ1n) is 5.84. The molecule has 0 aromatic heterocycles. The zero-order valence-corrected chi connectivity index (χ0v) is 11.1. The molecule has 102 valence electrons. The van der Waals surface area contributed by atoms with E-state index in [1.54, 1.807) is 4.90 Å². The minimum absolute atomic E-state index is 0.00813. The van der Waals surface area contributed by atoms with E-state index in [1.165, 1.54) is 18.2 Å². The van der Waals surface area contributed by atoms with E-state index < -0.39 is 4.92 Å². The monoisotopic (exact) mass is 284 g/mol. The Kier molecular flexibility index (Phi) is 4.01. The summed E-state index contributed by atoms with van der Waals surface area (Å²) in [6.07, 6.45) is -0.00813. The zero-order valence-electron chi connectivity index (χ0n) is 10.3. The quantitative estimate of drug-likeness (QED) is 0.616. The van der Waals surface area contributed by atoms with E-state index in [-0.39, 0.29) is 22.7 Å². The average Bonchev–Trinajstić information content (AvgIpc) is 2.37. The van der Waals surface area contributed by atoms with Crippen molar-refractivity contribution in [3.8, 4) is 0 Å². The van der Waals surface area contributed by atoms with Crippen LogP contribution in [0.5, 0.6) is 0 Å². The van der Waals surface area contributed by atoms with Crippen molar-refractivity contribution in [2.75, 3.05) is 19.7 Å². The van der Waals surface area contributed by atoms with Gasteiger partial charge in [-0.25, -0.2) is 0 Å². The van der Waals surface area contributed by atoms with Gasteiger partial charge in [0.15, 0.2) is 0 Å². The summed E-state index contributed by atoms with van der Waals surface area (Å²) in [5, 5.41) is 10.6. The topological polar surface area (TPSA) is 72.7 Å². The predicted molar refractivity (Wildman–Crippen MR) is 69.4 cm³/mol. The van der Waals surface area contributed by atoms with Crippen LogP contribution in [0.1, 0.15) is 17.3 Å². The van der Waals surface area contributed by atoms with Gasteiger partial charge in [-0.3, -0.25) is 14.9 Å². The molecule has 1 atom stereocenters. The molecule has 1 aromatic rings. The number of ether oxygens (including phenoxy) is 1. The summed E-state index contributed by atoms with van der Waals surface area (Å²) in [5.41, 5.74) is 0.151. The van der Waals surface area contributed by atoms with Crippen molar-refractivity contribution >= 4 is 23.2 Å². The third-order valence-corrected chi connectivity index (χ3v) is 3.22. The van der Waals surface area contributed by atoms with Crippen molar-refractivity contribution < 1.29 is 14.5 Å². The Labute approximate surface area is 115 Å². The number of hydrogen-bond acceptors (Lipinski definition) is 4. The standard InChI is InChI=1S/C12H13ClN2O4/c1-8-7-14(4-5-19-8)12(16)9-2-3-11(15(17)18)10(13)6-9/h2-3,6,8H,4-5,7H2,1H3. The second-order valence-corrected chi connectivity index (χ2v) is 4.76. The van der Waals surface area contributed by atoms with Gasteiger partial charge in [0.05, 0.1) is 17.6 Å². The maximum atomic E-state index is 12.2. The third-order valence-electron chi connectivity index (χ3n) is 2.92. The number of carbonyl (C=O) groups excluding carboxylic acids is 1. The Morgan fingerprint density at radius 3 is 2.89 bits per heavy atom. The molecule has 1 aliphatic heterocycles. The maximum Gasteiger partial charge on any atom is 0.287 e. The number of carbonyl (C=O) groups is 1. The summed E-state index contributed by atoms with van der Waals surface area (Å²) in [7, 11) is 0. The summed E-state index contributed by atoms with van der Waals surface area (Å²) in [4.78, 5) is 24.0. The summed E-state index contributed by atoms with van der Waals surface area (Å²) in [6, 6.07) is 4.01. The molecule has 1 saturated heterocycles. The minimum Gasteiger partial charge on any atom is -0.375 e. The van der Waals surface area contributed by atoms with Crippen molar-refractivity contribution in [1.82, 2.24) is 4.90 Å². The molecular formula is C12H13ClN2O4. The highest BCUT2D eigenvalue weighted by atomic mass is 35.5. The van der Waals surface area contributed by atoms with Gasteiger partial charge in [0.25, 0.3) is 11.6 Å². The largest absolute Gasteiger partial charge is 0.375 e. The van der Waals surface area contributed by atoms with Gasteiger partial charge in [0, 0.05) is 24.7 Å². The van der Waals surface area contributed by atoms with Crippen LogP contribution in [0.4, 0.5) is 5.69 Å². The number of nitro groups is 1. The Hall–Kier alpha value is -1.66. The lowest BCUT2D eigenvalue weighted by Crippen LogP contribution is -2.44. The second-order valence-electron chi connectivity index (χ2n) is 4.36. The Morgan fingerprint density at radius 2 is 2.32 bits per heavy atom. The maximum absolute atomic E-state index is 12.2. The van der Waals surface area contributed by atoms with Crippen LogP contribution in [0, 0.1) is 10.1 Å². The summed E-state index contributed by atoms with van der Waals surface area (Å²) < 4.78 is 5.36. The number of benzene rings is 1. The molecule has 7 heteroatoms. The van der Waals surface area contributed by atoms with E-state index in [0.717, 1.165) is 0 Å². The molecule has 0 radical (unpaired) electrons. The first kappa shape index (κ1) is 13.8. The first-order valence-corrected chi connectivity index (χ1v) is 6.21. The van der Waals surface area contributed by atoms with Gasteiger partial charge in [-0.2, -0.15) is 0 Å². The van der Waals surface area contributed by atoms with Crippen molar-refractivity contribution in [3.63, 3.8) is 0 Å². The molecular weight excluding hydrogens is 272 g/mol. The molecule has 0 aliphatic carbocycles. The normalized spacial score (nSPS) is 19.3. The van der Waals surface area contributed by atoms with Crippen LogP contribution < -0.4 is 0 Å². The number of morpholine rings is 1. The van der Waals surface area contributed by atoms with Gasteiger partial charge in [0.2, 0.25) is 0 Å². The molecule has 0 bridgehead atoms. The van der Waals surface area contributed by atoms with Crippen LogP contribution in [0.3, 0.4) is 0 Å². The molecule has 0 N–H and O–H groups in total. The van der Waals surface area contributed by atoms with E-state index >= 15 is 0 Å². The number of halogens is 1. The van der Waals surface area contributed by atoms with Crippen LogP contribution in [0.2, 0.25) is 5.02 Å². The Balaban J connectivity index is 2.19. The van der Waals surface area contributed by atoms with Crippen molar-refractivity contribution in [2.24, 2.45) is 0 Å². The van der Waals surface area contributed by atoms with E-state index in [0.29, 0.717) is 25.3 Å². The molecule has 6 nitrogen and oxygen atoms in total. The molecule has 1 fully saturated rings. The van der Waals surface area contributed by atoms with Crippen LogP contribution in [0.25, 0.3) is 0 Å². The molecule has 1 unspecified atom stereocenters. The molecule has 0 saturated carbocycles. The van der Waals surface area contributed by atoms with Crippen LogP contribution in [-0.2, 0) is 4.74 Å². The summed E-state index contributed by atoms with van der Waals surface area (Å²) >= 11 is 5.80. The van der Waals surface area contributed by atoms with E-state index in [2.05, 4.69) is 0 Å². The van der Waals surface area contributed by atoms with Gasteiger partial charge in [-0.1, -0.05) is 11.6 Å². The molecule has 1 aromatic carbocycles. The van der Waals surface area contributed by atoms with Gasteiger partial charge < -0.3 is 9.64 Å². The number of nitrogens with zero attached hydrogens (tertiary/aromatic N) is 2. The van der Waals surface area contributed by atoms with E-state index in [9.17, 15) is 14.9 Å². The number of nitro benzene ring substituents is 1. The lowest BCUT2D eigenvalue weighted by atomic mass is 10.1. The number of rotatable bonds is 2. The van der Waals surface area contributed by atoms with Gasteiger partial charge >= 0.3 is 0 Å². The second kappa shape index (κ2) is 5.54. The smallest absolute Gasteiger partial charge is 0.287 e. The van der Waals surface area contributed by atoms with Crippen LogP contribution in [0.15, 0.2) is 18.2 Å². The SMILES string of the molecule is CC1CN(C(=O)c2ccc([N+](=O)[O-])c(Cl)c2)CCO1. The lowest BCUT2D eigenvalue weighted by Gasteiger charge is -2.31. The van der Waals surface area contributed by atoms with E-state index in [4.69, 9.17) is 16.3 Å². The fourth-order valence-corrected chi connectivity index (χ4v) is 2.22. The fraction of sp³-hybridized carbons (Fsp3) is 0.417. The van der Waals surface area contributed by atoms with Crippen molar-refractivity contribution in [3.05, 3.63) is 38.9 Å². The molecule has 19 heavy (non-hydrogen) atoms. The zero-order chi connectivity index (χ0) is 14.0. The first-order chi connectivity index (χ1) is 8.99. The van der Waals surface area contributed by atoms with E-state index in [1.807, 2.05) is 6.92 Å². The van der Waals surface area contributed by atoms with Crippen molar-refractivity contribution in [1.29, 1.82) is 0 Å². The lowest BCUT2D eigenvalue weighted by molar-refractivity contribution is -0.384. The van der Waals surface area contributed by atoms with Crippen LogP contribution in [-0.4, -0.2) is 41.5 Å². The Morgan fingerprint density at radius 1 is 1.58 bits per heavy atom. The number of hydrogen-bond donors (Lipinski definition) is 0.